The monoisotopic (exact) mass is 305 g/mol. The molecule has 122 valence electrons. The first kappa shape index (κ1) is 18.1. The van der Waals surface area contributed by atoms with E-state index < -0.39 is 0 Å². The van der Waals surface area contributed by atoms with E-state index in [4.69, 9.17) is 0 Å². The Morgan fingerprint density at radius 1 is 1.09 bits per heavy atom. The lowest BCUT2D eigenvalue weighted by atomic mass is 10.1. The van der Waals surface area contributed by atoms with Gasteiger partial charge in [-0.05, 0) is 60.6 Å². The summed E-state index contributed by atoms with van der Waals surface area (Å²) in [7, 11) is 0. The number of nitrogens with one attached hydrogen (secondary N) is 1. The highest BCUT2D eigenvalue weighted by Gasteiger charge is 2.22. The molecule has 0 atom stereocenters. The third-order valence-corrected chi connectivity index (χ3v) is 3.08. The van der Waals surface area contributed by atoms with Crippen LogP contribution >= 0.6 is 0 Å². The molecule has 1 heterocycles. The Morgan fingerprint density at radius 2 is 1.64 bits per heavy atom. The van der Waals surface area contributed by atoms with Crippen molar-refractivity contribution >= 4 is 11.8 Å². The number of amides is 2. The molecule has 1 aromatic rings. The van der Waals surface area contributed by atoms with Crippen molar-refractivity contribution in [2.24, 2.45) is 0 Å². The molecule has 0 spiro atoms. The average molecular weight is 305 g/mol. The van der Waals surface area contributed by atoms with Crippen LogP contribution in [0.15, 0.2) is 18.3 Å². The van der Waals surface area contributed by atoms with Crippen molar-refractivity contribution in [1.82, 2.24) is 15.2 Å². The maximum Gasteiger partial charge on any atom is 0.270 e. The van der Waals surface area contributed by atoms with Crippen molar-refractivity contribution < 1.29 is 9.59 Å². The van der Waals surface area contributed by atoms with Gasteiger partial charge >= 0.3 is 0 Å². The minimum Gasteiger partial charge on any atom is -0.346 e. The highest BCUT2D eigenvalue weighted by atomic mass is 16.2. The molecule has 0 aromatic carbocycles. The van der Waals surface area contributed by atoms with E-state index in [0.717, 1.165) is 0 Å². The van der Waals surface area contributed by atoms with Gasteiger partial charge in [-0.3, -0.25) is 14.6 Å². The summed E-state index contributed by atoms with van der Waals surface area (Å²) in [5.41, 5.74) is 0.487. The van der Waals surface area contributed by atoms with Gasteiger partial charge in [-0.2, -0.15) is 0 Å². The molecule has 22 heavy (non-hydrogen) atoms. The summed E-state index contributed by atoms with van der Waals surface area (Å²) >= 11 is 0. The average Bonchev–Trinajstić information content (AvgIpc) is 2.35. The van der Waals surface area contributed by atoms with Crippen LogP contribution in [0.25, 0.3) is 0 Å². The summed E-state index contributed by atoms with van der Waals surface area (Å²) in [6.45, 7) is 13.7. The predicted molar refractivity (Wildman–Crippen MR) is 87.9 cm³/mol. The van der Waals surface area contributed by atoms with Crippen LogP contribution in [0.3, 0.4) is 0 Å². The number of hydrogen-bond donors (Lipinski definition) is 1. The maximum atomic E-state index is 12.5. The number of carbonyl (C=O) groups excluding carboxylic acids is 2. The zero-order valence-electron chi connectivity index (χ0n) is 14.6. The summed E-state index contributed by atoms with van der Waals surface area (Å²) in [6.07, 6.45) is 1.47. The van der Waals surface area contributed by atoms with E-state index in [0.29, 0.717) is 11.3 Å². The molecule has 0 bridgehead atoms. The van der Waals surface area contributed by atoms with Crippen molar-refractivity contribution in [1.29, 1.82) is 0 Å². The molecule has 0 saturated carbocycles. The van der Waals surface area contributed by atoms with Gasteiger partial charge in [-0.1, -0.05) is 0 Å². The van der Waals surface area contributed by atoms with Gasteiger partial charge in [0.05, 0.1) is 5.56 Å². The van der Waals surface area contributed by atoms with E-state index in [9.17, 15) is 9.59 Å². The van der Waals surface area contributed by atoms with Crippen LogP contribution < -0.4 is 5.32 Å². The second-order valence-corrected chi connectivity index (χ2v) is 7.04. The zero-order chi connectivity index (χ0) is 17.1. The molecule has 0 unspecified atom stereocenters. The summed E-state index contributed by atoms with van der Waals surface area (Å²) in [5.74, 6) is -0.309. The van der Waals surface area contributed by atoms with Crippen molar-refractivity contribution in [3.63, 3.8) is 0 Å². The van der Waals surface area contributed by atoms with Crippen LogP contribution in [-0.2, 0) is 0 Å². The molecule has 0 aliphatic heterocycles. The van der Waals surface area contributed by atoms with Crippen LogP contribution in [0.2, 0.25) is 0 Å². The molecule has 1 rings (SSSR count). The Hall–Kier alpha value is -1.91. The molecule has 0 saturated heterocycles. The number of hydrogen-bond acceptors (Lipinski definition) is 3. The first-order chi connectivity index (χ1) is 10.0. The van der Waals surface area contributed by atoms with Crippen molar-refractivity contribution in [2.45, 2.75) is 66.1 Å². The Labute approximate surface area is 133 Å². The van der Waals surface area contributed by atoms with E-state index in [-0.39, 0.29) is 29.4 Å². The minimum absolute atomic E-state index is 0.0692. The van der Waals surface area contributed by atoms with Gasteiger partial charge in [-0.15, -0.1) is 0 Å². The highest BCUT2D eigenvalue weighted by molar-refractivity contribution is 5.96. The standard InChI is InChI=1S/C17H27N3O2/c1-11(2)20(12(3)4)16(22)13-8-9-14(18-10-13)15(21)19-17(5,6)7/h8-12H,1-7H3,(H,19,21). The minimum atomic E-state index is -0.320. The fourth-order valence-corrected chi connectivity index (χ4v) is 2.27. The summed E-state index contributed by atoms with van der Waals surface area (Å²) in [6, 6.07) is 3.46. The normalized spacial score (nSPS) is 11.7. The first-order valence-corrected chi connectivity index (χ1v) is 7.64. The molecule has 1 aromatic heterocycles. The highest BCUT2D eigenvalue weighted by Crippen LogP contribution is 2.12. The summed E-state index contributed by atoms with van der Waals surface area (Å²) in [5, 5.41) is 2.85. The van der Waals surface area contributed by atoms with E-state index in [1.807, 2.05) is 48.5 Å². The lowest BCUT2D eigenvalue weighted by Crippen LogP contribution is -2.42. The maximum absolute atomic E-state index is 12.5. The molecule has 5 nitrogen and oxygen atoms in total. The summed E-state index contributed by atoms with van der Waals surface area (Å²) in [4.78, 5) is 30.5. The molecule has 1 N–H and O–H groups in total. The number of rotatable bonds is 4. The number of pyridine rings is 1. The quantitative estimate of drug-likeness (QED) is 0.930. The molecular weight excluding hydrogens is 278 g/mol. The lowest BCUT2D eigenvalue weighted by molar-refractivity contribution is 0.0642. The Kier molecular flexibility index (Phi) is 5.69. The second kappa shape index (κ2) is 6.90. The fourth-order valence-electron chi connectivity index (χ4n) is 2.27. The summed E-state index contributed by atoms with van der Waals surface area (Å²) < 4.78 is 0. The predicted octanol–water partition coefficient (Wildman–Crippen LogP) is 2.87. The van der Waals surface area contributed by atoms with E-state index in [2.05, 4.69) is 10.3 Å². The molecule has 0 aliphatic carbocycles. The van der Waals surface area contributed by atoms with Gasteiger partial charge in [0.1, 0.15) is 5.69 Å². The van der Waals surface area contributed by atoms with E-state index >= 15 is 0 Å². The third kappa shape index (κ3) is 4.83. The molecule has 5 heteroatoms. The SMILES string of the molecule is CC(C)N(C(=O)c1ccc(C(=O)NC(C)(C)C)nc1)C(C)C. The Bertz CT molecular complexity index is 520. The Morgan fingerprint density at radius 3 is 2.00 bits per heavy atom. The topological polar surface area (TPSA) is 62.3 Å². The molecule has 0 aliphatic rings. The van der Waals surface area contributed by atoms with Gasteiger partial charge < -0.3 is 10.2 Å². The number of carbonyl (C=O) groups is 2. The fraction of sp³-hybridized carbons (Fsp3) is 0.588. The third-order valence-electron chi connectivity index (χ3n) is 3.08. The van der Waals surface area contributed by atoms with Gasteiger partial charge in [0.15, 0.2) is 0 Å². The molecular formula is C17H27N3O2. The number of nitrogens with zero attached hydrogens (tertiary/aromatic N) is 2. The molecule has 0 radical (unpaired) electrons. The van der Waals surface area contributed by atoms with Crippen LogP contribution in [0.1, 0.15) is 69.3 Å². The smallest absolute Gasteiger partial charge is 0.270 e. The van der Waals surface area contributed by atoms with Gasteiger partial charge in [0, 0.05) is 23.8 Å². The van der Waals surface area contributed by atoms with Crippen LogP contribution in [-0.4, -0.2) is 39.3 Å². The van der Waals surface area contributed by atoms with Crippen molar-refractivity contribution in [2.75, 3.05) is 0 Å². The Balaban J connectivity index is 2.93. The van der Waals surface area contributed by atoms with Crippen LogP contribution in [0.4, 0.5) is 0 Å². The largest absolute Gasteiger partial charge is 0.346 e. The van der Waals surface area contributed by atoms with Crippen molar-refractivity contribution in [3.8, 4) is 0 Å². The van der Waals surface area contributed by atoms with Crippen LogP contribution in [0.5, 0.6) is 0 Å². The van der Waals surface area contributed by atoms with Gasteiger partial charge in [0.2, 0.25) is 0 Å². The first-order valence-electron chi connectivity index (χ1n) is 7.64. The van der Waals surface area contributed by atoms with Gasteiger partial charge in [0.25, 0.3) is 11.8 Å². The van der Waals surface area contributed by atoms with Crippen molar-refractivity contribution in [3.05, 3.63) is 29.6 Å². The number of aromatic nitrogens is 1. The lowest BCUT2D eigenvalue weighted by Gasteiger charge is -2.30. The van der Waals surface area contributed by atoms with Crippen LogP contribution in [0, 0.1) is 0 Å². The molecule has 0 fully saturated rings. The van der Waals surface area contributed by atoms with E-state index in [1.54, 1.807) is 17.0 Å². The van der Waals surface area contributed by atoms with Gasteiger partial charge in [-0.25, -0.2) is 0 Å². The second-order valence-electron chi connectivity index (χ2n) is 7.04. The molecule has 2 amide bonds. The zero-order valence-corrected chi connectivity index (χ0v) is 14.6. The van der Waals surface area contributed by atoms with E-state index in [1.165, 1.54) is 6.20 Å².